The van der Waals surface area contributed by atoms with Gasteiger partial charge in [-0.3, -0.25) is 0 Å². The van der Waals surface area contributed by atoms with E-state index in [1.165, 1.54) is 12.1 Å². The third-order valence-corrected chi connectivity index (χ3v) is 3.44. The Labute approximate surface area is 113 Å². The summed E-state index contributed by atoms with van der Waals surface area (Å²) in [5.74, 6) is 0.613. The van der Waals surface area contributed by atoms with Gasteiger partial charge in [-0.2, -0.15) is 0 Å². The minimum Gasteiger partial charge on any atom is -0.489 e. The summed E-state index contributed by atoms with van der Waals surface area (Å²) in [6, 6.07) is 12.4. The molecule has 0 bridgehead atoms. The van der Waals surface area contributed by atoms with Gasteiger partial charge in [0.2, 0.25) is 0 Å². The maximum atomic E-state index is 12.9. The van der Waals surface area contributed by atoms with E-state index >= 15 is 0 Å². The fraction of sp³-hybridized carbons (Fsp3) is 0.143. The number of fused-ring (bicyclic) bond motifs is 1. The summed E-state index contributed by atoms with van der Waals surface area (Å²) >= 11 is 3.41. The van der Waals surface area contributed by atoms with Crippen molar-refractivity contribution >= 4 is 21.6 Å². The lowest BCUT2D eigenvalue weighted by atomic mass is 10.1. The number of rotatable bonds is 1. The number of benzene rings is 2. The molecule has 0 aliphatic carbocycles. The molecular formula is C14H11BrFNO. The summed E-state index contributed by atoms with van der Waals surface area (Å²) in [7, 11) is 0. The van der Waals surface area contributed by atoms with Crippen LogP contribution in [0.4, 0.5) is 10.1 Å². The highest BCUT2D eigenvalue weighted by Crippen LogP contribution is 2.35. The topological polar surface area (TPSA) is 21.3 Å². The first-order valence-corrected chi connectivity index (χ1v) is 6.46. The van der Waals surface area contributed by atoms with Gasteiger partial charge in [-0.1, -0.05) is 28.1 Å². The molecule has 0 spiro atoms. The van der Waals surface area contributed by atoms with Crippen LogP contribution in [0, 0.1) is 5.82 Å². The normalized spacial score (nSPS) is 17.6. The summed E-state index contributed by atoms with van der Waals surface area (Å²) < 4.78 is 19.6. The fourth-order valence-electron chi connectivity index (χ4n) is 2.01. The van der Waals surface area contributed by atoms with Crippen molar-refractivity contribution in [1.82, 2.24) is 0 Å². The van der Waals surface area contributed by atoms with Gasteiger partial charge in [-0.15, -0.1) is 0 Å². The molecule has 1 N–H and O–H groups in total. The van der Waals surface area contributed by atoms with E-state index in [1.807, 2.05) is 18.2 Å². The average Bonchev–Trinajstić information content (AvgIpc) is 2.39. The van der Waals surface area contributed by atoms with Crippen LogP contribution < -0.4 is 10.1 Å². The lowest BCUT2D eigenvalue weighted by Gasteiger charge is -2.27. The molecule has 1 heterocycles. The Morgan fingerprint density at radius 1 is 1.17 bits per heavy atom. The Kier molecular flexibility index (Phi) is 2.96. The summed E-state index contributed by atoms with van der Waals surface area (Å²) in [4.78, 5) is 0. The number of ether oxygens (including phenoxy) is 1. The van der Waals surface area contributed by atoms with E-state index in [2.05, 4.69) is 21.2 Å². The Balaban J connectivity index is 1.86. The zero-order valence-corrected chi connectivity index (χ0v) is 11.1. The first kappa shape index (κ1) is 11.5. The van der Waals surface area contributed by atoms with Crippen LogP contribution in [0.2, 0.25) is 0 Å². The smallest absolute Gasteiger partial charge is 0.143 e. The highest BCUT2D eigenvalue weighted by atomic mass is 79.9. The van der Waals surface area contributed by atoms with Crippen molar-refractivity contribution in [3.05, 3.63) is 58.3 Å². The number of nitrogens with one attached hydrogen (secondary N) is 1. The van der Waals surface area contributed by atoms with Gasteiger partial charge >= 0.3 is 0 Å². The van der Waals surface area contributed by atoms with Crippen molar-refractivity contribution in [2.45, 2.75) is 6.04 Å². The maximum Gasteiger partial charge on any atom is 0.143 e. The van der Waals surface area contributed by atoms with Gasteiger partial charge in [-0.25, -0.2) is 4.39 Å². The molecule has 1 unspecified atom stereocenters. The lowest BCUT2D eigenvalue weighted by Crippen LogP contribution is -2.23. The molecule has 1 atom stereocenters. The minimum atomic E-state index is -0.222. The monoisotopic (exact) mass is 307 g/mol. The molecule has 0 amide bonds. The predicted octanol–water partition coefficient (Wildman–Crippen LogP) is 4.13. The lowest BCUT2D eigenvalue weighted by molar-refractivity contribution is 0.286. The fourth-order valence-corrected chi connectivity index (χ4v) is 2.35. The number of halogens is 2. The molecule has 2 aromatic carbocycles. The van der Waals surface area contributed by atoms with Crippen molar-refractivity contribution in [3.63, 3.8) is 0 Å². The van der Waals surface area contributed by atoms with Crippen molar-refractivity contribution in [2.75, 3.05) is 11.9 Å². The molecule has 4 heteroatoms. The molecule has 92 valence electrons. The van der Waals surface area contributed by atoms with Crippen LogP contribution in [0.1, 0.15) is 11.6 Å². The van der Waals surface area contributed by atoms with Crippen LogP contribution in [0.25, 0.3) is 0 Å². The SMILES string of the molecule is Fc1ccc(C2COc3cc(Br)ccc3N2)cc1. The molecule has 0 saturated carbocycles. The van der Waals surface area contributed by atoms with Crippen LogP contribution in [-0.2, 0) is 0 Å². The third-order valence-electron chi connectivity index (χ3n) is 2.95. The van der Waals surface area contributed by atoms with Crippen molar-refractivity contribution in [1.29, 1.82) is 0 Å². The maximum absolute atomic E-state index is 12.9. The zero-order valence-electron chi connectivity index (χ0n) is 9.49. The molecule has 0 aromatic heterocycles. The van der Waals surface area contributed by atoms with Gasteiger partial charge in [0, 0.05) is 4.47 Å². The quantitative estimate of drug-likeness (QED) is 0.855. The Morgan fingerprint density at radius 2 is 1.94 bits per heavy atom. The first-order chi connectivity index (χ1) is 8.72. The van der Waals surface area contributed by atoms with Gasteiger partial charge in [0.05, 0.1) is 11.7 Å². The zero-order chi connectivity index (χ0) is 12.5. The molecule has 1 aliphatic rings. The summed E-state index contributed by atoms with van der Waals surface area (Å²) in [5.41, 5.74) is 1.98. The van der Waals surface area contributed by atoms with E-state index in [0.29, 0.717) is 6.61 Å². The van der Waals surface area contributed by atoms with Crippen LogP contribution in [-0.4, -0.2) is 6.61 Å². The molecule has 1 aliphatic heterocycles. The molecule has 18 heavy (non-hydrogen) atoms. The molecule has 3 rings (SSSR count). The van der Waals surface area contributed by atoms with Gasteiger partial charge in [0.15, 0.2) is 0 Å². The van der Waals surface area contributed by atoms with Crippen molar-refractivity contribution in [3.8, 4) is 5.75 Å². The van der Waals surface area contributed by atoms with Crippen LogP contribution in [0.3, 0.4) is 0 Å². The van der Waals surface area contributed by atoms with Gasteiger partial charge < -0.3 is 10.1 Å². The van der Waals surface area contributed by atoms with Crippen molar-refractivity contribution < 1.29 is 9.13 Å². The minimum absolute atomic E-state index is 0.0549. The van der Waals surface area contributed by atoms with Crippen molar-refractivity contribution in [2.24, 2.45) is 0 Å². The van der Waals surface area contributed by atoms with Gasteiger partial charge in [-0.05, 0) is 35.9 Å². The Morgan fingerprint density at radius 3 is 2.72 bits per heavy atom. The molecule has 0 radical (unpaired) electrons. The number of hydrogen-bond acceptors (Lipinski definition) is 2. The molecule has 0 saturated heterocycles. The molecular weight excluding hydrogens is 297 g/mol. The molecule has 2 aromatic rings. The van der Waals surface area contributed by atoms with E-state index in [9.17, 15) is 4.39 Å². The highest BCUT2D eigenvalue weighted by molar-refractivity contribution is 9.10. The van der Waals surface area contributed by atoms with E-state index in [-0.39, 0.29) is 11.9 Å². The second-order valence-corrected chi connectivity index (χ2v) is 5.12. The number of hydrogen-bond donors (Lipinski definition) is 1. The second kappa shape index (κ2) is 4.61. The summed E-state index contributed by atoms with van der Waals surface area (Å²) in [6.45, 7) is 0.537. The first-order valence-electron chi connectivity index (χ1n) is 5.67. The van der Waals surface area contributed by atoms with E-state index in [4.69, 9.17) is 4.74 Å². The van der Waals surface area contributed by atoms with Crippen LogP contribution in [0.15, 0.2) is 46.9 Å². The van der Waals surface area contributed by atoms with E-state index in [0.717, 1.165) is 21.5 Å². The summed E-state index contributed by atoms with van der Waals surface area (Å²) in [6.07, 6.45) is 0. The Hall–Kier alpha value is -1.55. The highest BCUT2D eigenvalue weighted by Gasteiger charge is 2.20. The summed E-state index contributed by atoms with van der Waals surface area (Å²) in [5, 5.41) is 3.39. The molecule has 0 fully saturated rings. The largest absolute Gasteiger partial charge is 0.489 e. The standard InChI is InChI=1S/C14H11BrFNO/c15-10-3-6-12-14(7-10)18-8-13(17-12)9-1-4-11(16)5-2-9/h1-7,13,17H,8H2. The van der Waals surface area contributed by atoms with E-state index < -0.39 is 0 Å². The second-order valence-electron chi connectivity index (χ2n) is 4.20. The van der Waals surface area contributed by atoms with Crippen LogP contribution in [0.5, 0.6) is 5.75 Å². The predicted molar refractivity (Wildman–Crippen MR) is 72.4 cm³/mol. The van der Waals surface area contributed by atoms with Gasteiger partial charge in [0.25, 0.3) is 0 Å². The van der Waals surface area contributed by atoms with Crippen LogP contribution >= 0.6 is 15.9 Å². The third kappa shape index (κ3) is 2.20. The number of anilines is 1. The molecule has 2 nitrogen and oxygen atoms in total. The Bertz CT molecular complexity index is 571. The van der Waals surface area contributed by atoms with Gasteiger partial charge in [0.1, 0.15) is 18.2 Å². The average molecular weight is 308 g/mol. The van der Waals surface area contributed by atoms with E-state index in [1.54, 1.807) is 12.1 Å².